The summed E-state index contributed by atoms with van der Waals surface area (Å²) >= 11 is 0. The summed E-state index contributed by atoms with van der Waals surface area (Å²) in [6, 6.07) is -0.290. The minimum absolute atomic E-state index is 0.0811. The highest BCUT2D eigenvalue weighted by Gasteiger charge is 2.36. The molecule has 4 nitrogen and oxygen atoms in total. The summed E-state index contributed by atoms with van der Waals surface area (Å²) in [6.07, 6.45) is 2.36. The highest BCUT2D eigenvalue weighted by atomic mass is 16.2. The number of carbonyl (C=O) groups is 2. The first-order valence-corrected chi connectivity index (χ1v) is 4.26. The van der Waals surface area contributed by atoms with E-state index in [0.717, 1.165) is 0 Å². The molecule has 1 aliphatic heterocycles. The molecule has 3 amide bonds. The van der Waals surface area contributed by atoms with Crippen molar-refractivity contribution in [3.05, 3.63) is 12.7 Å². The molecule has 1 rings (SSSR count). The van der Waals surface area contributed by atoms with Gasteiger partial charge in [-0.15, -0.1) is 6.58 Å². The summed E-state index contributed by atoms with van der Waals surface area (Å²) in [5, 5.41) is 0. The summed E-state index contributed by atoms with van der Waals surface area (Å²) in [4.78, 5) is 25.5. The van der Waals surface area contributed by atoms with E-state index in [0.29, 0.717) is 6.42 Å². The molecular formula is C9H14N2O2. The molecule has 1 saturated heterocycles. The van der Waals surface area contributed by atoms with E-state index in [4.69, 9.17) is 0 Å². The lowest BCUT2D eigenvalue weighted by Crippen LogP contribution is -2.38. The predicted octanol–water partition coefficient (Wildman–Crippen LogP) is 0.845. The Morgan fingerprint density at radius 3 is 2.62 bits per heavy atom. The van der Waals surface area contributed by atoms with Crippen LogP contribution < -0.4 is 0 Å². The fourth-order valence-electron chi connectivity index (χ4n) is 1.42. The molecule has 0 aromatic carbocycles. The van der Waals surface area contributed by atoms with Gasteiger partial charge in [0.2, 0.25) is 0 Å². The average Bonchev–Trinajstić information content (AvgIpc) is 2.27. The fraction of sp³-hybridized carbons (Fsp3) is 0.556. The number of nitrogens with zero attached hydrogens (tertiary/aromatic N) is 2. The lowest BCUT2D eigenvalue weighted by atomic mass is 10.2. The molecule has 0 aliphatic carbocycles. The van der Waals surface area contributed by atoms with Crippen LogP contribution >= 0.6 is 0 Å². The van der Waals surface area contributed by atoms with Gasteiger partial charge in [0.15, 0.2) is 0 Å². The number of amides is 3. The Morgan fingerprint density at radius 2 is 2.23 bits per heavy atom. The molecule has 0 saturated carbocycles. The van der Waals surface area contributed by atoms with Crippen molar-refractivity contribution in [2.45, 2.75) is 19.4 Å². The Bertz CT molecular complexity index is 250. The van der Waals surface area contributed by atoms with Crippen LogP contribution in [0.4, 0.5) is 4.79 Å². The lowest BCUT2D eigenvalue weighted by Gasteiger charge is -2.20. The molecule has 1 aliphatic rings. The van der Waals surface area contributed by atoms with Crippen LogP contribution in [0.5, 0.6) is 0 Å². The van der Waals surface area contributed by atoms with E-state index < -0.39 is 0 Å². The molecule has 1 heterocycles. The second kappa shape index (κ2) is 3.60. The topological polar surface area (TPSA) is 40.6 Å². The van der Waals surface area contributed by atoms with Gasteiger partial charge in [0.05, 0.1) is 0 Å². The summed E-state index contributed by atoms with van der Waals surface area (Å²) in [6.45, 7) is 5.62. The smallest absolute Gasteiger partial charge is 0.318 e. The van der Waals surface area contributed by atoms with Crippen LogP contribution in [0.25, 0.3) is 0 Å². The number of rotatable bonds is 3. The maximum Gasteiger partial charge on any atom is 0.327 e. The van der Waals surface area contributed by atoms with E-state index >= 15 is 0 Å². The minimum Gasteiger partial charge on any atom is -0.318 e. The molecule has 0 aromatic rings. The molecule has 0 spiro atoms. The Hall–Kier alpha value is -1.32. The van der Waals surface area contributed by atoms with Crippen molar-refractivity contribution in [2.75, 3.05) is 13.6 Å². The van der Waals surface area contributed by atoms with E-state index in [2.05, 4.69) is 6.58 Å². The third kappa shape index (κ3) is 1.71. The molecule has 1 unspecified atom stereocenters. The first-order valence-electron chi connectivity index (χ1n) is 4.26. The highest BCUT2D eigenvalue weighted by Crippen LogP contribution is 2.14. The van der Waals surface area contributed by atoms with Gasteiger partial charge in [-0.1, -0.05) is 6.08 Å². The molecule has 0 aromatic heterocycles. The van der Waals surface area contributed by atoms with E-state index in [-0.39, 0.29) is 24.5 Å². The number of hydrogen-bond acceptors (Lipinski definition) is 2. The average molecular weight is 182 g/mol. The van der Waals surface area contributed by atoms with Crippen molar-refractivity contribution in [1.29, 1.82) is 0 Å². The first kappa shape index (κ1) is 9.77. The van der Waals surface area contributed by atoms with Gasteiger partial charge in [0.25, 0.3) is 5.91 Å². The zero-order valence-corrected chi connectivity index (χ0v) is 7.99. The van der Waals surface area contributed by atoms with Gasteiger partial charge in [0.1, 0.15) is 6.54 Å². The van der Waals surface area contributed by atoms with E-state index in [9.17, 15) is 9.59 Å². The molecule has 1 fully saturated rings. The Morgan fingerprint density at radius 1 is 1.62 bits per heavy atom. The summed E-state index contributed by atoms with van der Waals surface area (Å²) < 4.78 is 0. The van der Waals surface area contributed by atoms with Crippen molar-refractivity contribution in [3.63, 3.8) is 0 Å². The van der Waals surface area contributed by atoms with Gasteiger partial charge in [-0.2, -0.15) is 0 Å². The number of hydrogen-bond donors (Lipinski definition) is 0. The van der Waals surface area contributed by atoms with Crippen molar-refractivity contribution < 1.29 is 9.59 Å². The zero-order chi connectivity index (χ0) is 10.0. The Balaban J connectivity index is 2.73. The maximum atomic E-state index is 11.4. The van der Waals surface area contributed by atoms with Gasteiger partial charge in [-0.05, 0) is 13.3 Å². The van der Waals surface area contributed by atoms with Gasteiger partial charge in [0, 0.05) is 13.1 Å². The van der Waals surface area contributed by atoms with Crippen molar-refractivity contribution in [2.24, 2.45) is 0 Å². The highest BCUT2D eigenvalue weighted by molar-refractivity contribution is 6.02. The first-order chi connectivity index (χ1) is 6.07. The Labute approximate surface area is 77.8 Å². The minimum atomic E-state index is -0.209. The SMILES string of the molecule is C=CCC(C)N1C(=O)CN(C)C1=O. The summed E-state index contributed by atoms with van der Waals surface area (Å²) in [5.74, 6) is -0.123. The van der Waals surface area contributed by atoms with Gasteiger partial charge in [-0.3, -0.25) is 9.69 Å². The number of carbonyl (C=O) groups excluding carboxylic acids is 2. The second-order valence-electron chi connectivity index (χ2n) is 3.28. The van der Waals surface area contributed by atoms with Crippen LogP contribution in [0, 0.1) is 0 Å². The van der Waals surface area contributed by atoms with Crippen molar-refractivity contribution in [3.8, 4) is 0 Å². The number of imide groups is 1. The number of urea groups is 1. The standard InChI is InChI=1S/C9H14N2O2/c1-4-5-7(2)11-8(12)6-10(3)9(11)13/h4,7H,1,5-6H2,2-3H3. The molecule has 4 heteroatoms. The molecule has 0 N–H and O–H groups in total. The largest absolute Gasteiger partial charge is 0.327 e. The second-order valence-corrected chi connectivity index (χ2v) is 3.28. The summed E-state index contributed by atoms with van der Waals surface area (Å²) in [7, 11) is 1.63. The van der Waals surface area contributed by atoms with E-state index in [1.165, 1.54) is 9.80 Å². The fourth-order valence-corrected chi connectivity index (χ4v) is 1.42. The van der Waals surface area contributed by atoms with Crippen molar-refractivity contribution >= 4 is 11.9 Å². The van der Waals surface area contributed by atoms with Gasteiger partial charge >= 0.3 is 6.03 Å². The normalized spacial score (nSPS) is 19.5. The predicted molar refractivity (Wildman–Crippen MR) is 49.1 cm³/mol. The molecule has 72 valence electrons. The van der Waals surface area contributed by atoms with Crippen LogP contribution in [0.3, 0.4) is 0 Å². The molecule has 0 radical (unpaired) electrons. The molecule has 13 heavy (non-hydrogen) atoms. The Kier molecular flexibility index (Phi) is 2.70. The zero-order valence-electron chi connectivity index (χ0n) is 7.99. The van der Waals surface area contributed by atoms with Crippen LogP contribution in [0.15, 0.2) is 12.7 Å². The third-order valence-corrected chi connectivity index (χ3v) is 2.12. The monoisotopic (exact) mass is 182 g/mol. The lowest BCUT2D eigenvalue weighted by molar-refractivity contribution is -0.126. The van der Waals surface area contributed by atoms with Gasteiger partial charge < -0.3 is 4.90 Å². The number of likely N-dealkylation sites (N-methyl/N-ethyl adjacent to an activating group) is 1. The van der Waals surface area contributed by atoms with Crippen molar-refractivity contribution in [1.82, 2.24) is 9.80 Å². The van der Waals surface area contributed by atoms with Crippen LogP contribution in [-0.4, -0.2) is 41.4 Å². The van der Waals surface area contributed by atoms with Crippen LogP contribution in [-0.2, 0) is 4.79 Å². The van der Waals surface area contributed by atoms with Crippen LogP contribution in [0.2, 0.25) is 0 Å². The van der Waals surface area contributed by atoms with Crippen LogP contribution in [0.1, 0.15) is 13.3 Å². The molecule has 1 atom stereocenters. The van der Waals surface area contributed by atoms with Gasteiger partial charge in [-0.25, -0.2) is 4.79 Å². The van der Waals surface area contributed by atoms with E-state index in [1.54, 1.807) is 13.1 Å². The van der Waals surface area contributed by atoms with E-state index in [1.807, 2.05) is 6.92 Å². The molecular weight excluding hydrogens is 168 g/mol. The summed E-state index contributed by atoms with van der Waals surface area (Å²) in [5.41, 5.74) is 0. The third-order valence-electron chi connectivity index (χ3n) is 2.12. The quantitative estimate of drug-likeness (QED) is 0.479. The maximum absolute atomic E-state index is 11.4. The molecule has 0 bridgehead atoms.